The van der Waals surface area contributed by atoms with Crippen LogP contribution in [0, 0.1) is 13.8 Å². The third kappa shape index (κ3) is 4.65. The van der Waals surface area contributed by atoms with Crippen LogP contribution in [0.1, 0.15) is 40.7 Å². The lowest BCUT2D eigenvalue weighted by molar-refractivity contribution is 0.102. The van der Waals surface area contributed by atoms with Crippen molar-refractivity contribution in [1.29, 1.82) is 0 Å². The Hall–Kier alpha value is -1.90. The van der Waals surface area contributed by atoms with E-state index in [9.17, 15) is 13.2 Å². The third-order valence-corrected chi connectivity index (χ3v) is 7.47. The number of rotatable bonds is 5. The number of aryl methyl sites for hydroxylation is 2. The number of hydrogen-bond donors (Lipinski definition) is 1. The summed E-state index contributed by atoms with van der Waals surface area (Å²) in [6.45, 7) is 4.79. The summed E-state index contributed by atoms with van der Waals surface area (Å²) in [5, 5.41) is 2.91. The highest BCUT2D eigenvalue weighted by atomic mass is 79.9. The average molecular weight is 481 g/mol. The number of amides is 1. The Labute approximate surface area is 180 Å². The van der Waals surface area contributed by atoms with Gasteiger partial charge in [0.1, 0.15) is 10.6 Å². The Kier molecular flexibility index (Phi) is 6.65. The zero-order valence-corrected chi connectivity index (χ0v) is 19.2. The third-order valence-electron chi connectivity index (χ3n) is 5.09. The van der Waals surface area contributed by atoms with Gasteiger partial charge in [0.05, 0.1) is 7.11 Å². The molecule has 1 fully saturated rings. The molecule has 1 saturated heterocycles. The highest BCUT2D eigenvalue weighted by Crippen LogP contribution is 2.31. The fraction of sp³-hybridized carbons (Fsp3) is 0.381. The van der Waals surface area contributed by atoms with Crippen molar-refractivity contribution in [2.24, 2.45) is 0 Å². The van der Waals surface area contributed by atoms with E-state index in [1.807, 2.05) is 26.0 Å². The molecule has 6 nitrogen and oxygen atoms in total. The number of anilines is 1. The largest absolute Gasteiger partial charge is 0.495 e. The first-order valence-corrected chi connectivity index (χ1v) is 11.7. The molecule has 0 unspecified atom stereocenters. The molecule has 0 aromatic heterocycles. The number of nitrogens with zero attached hydrogens (tertiary/aromatic N) is 1. The van der Waals surface area contributed by atoms with Crippen molar-refractivity contribution in [3.63, 3.8) is 0 Å². The van der Waals surface area contributed by atoms with Gasteiger partial charge in [0.25, 0.3) is 5.91 Å². The fourth-order valence-corrected chi connectivity index (χ4v) is 5.94. The van der Waals surface area contributed by atoms with Crippen LogP contribution in [-0.2, 0) is 10.0 Å². The van der Waals surface area contributed by atoms with Gasteiger partial charge in [-0.3, -0.25) is 4.79 Å². The topological polar surface area (TPSA) is 75.7 Å². The Balaban J connectivity index is 1.95. The number of benzene rings is 2. The van der Waals surface area contributed by atoms with Crippen molar-refractivity contribution in [3.05, 3.63) is 51.5 Å². The number of sulfonamides is 1. The van der Waals surface area contributed by atoms with E-state index >= 15 is 0 Å². The summed E-state index contributed by atoms with van der Waals surface area (Å²) in [6.07, 6.45) is 2.70. The molecule has 29 heavy (non-hydrogen) atoms. The molecule has 1 heterocycles. The van der Waals surface area contributed by atoms with Crippen LogP contribution < -0.4 is 10.1 Å². The zero-order chi connectivity index (χ0) is 21.2. The first kappa shape index (κ1) is 21.8. The quantitative estimate of drug-likeness (QED) is 0.683. The lowest BCUT2D eigenvalue weighted by Gasteiger charge is -2.26. The predicted octanol–water partition coefficient (Wildman–Crippen LogP) is 4.50. The van der Waals surface area contributed by atoms with Crippen LogP contribution in [0.5, 0.6) is 5.75 Å². The van der Waals surface area contributed by atoms with Crippen molar-refractivity contribution in [2.45, 2.75) is 38.0 Å². The summed E-state index contributed by atoms with van der Waals surface area (Å²) in [4.78, 5) is 12.9. The number of ether oxygens (including phenoxy) is 1. The van der Waals surface area contributed by atoms with Gasteiger partial charge in [0, 0.05) is 28.8 Å². The number of nitrogens with one attached hydrogen (secondary N) is 1. The standard InChI is InChI=1S/C21H25BrN2O4S/c1-14-11-17(22)12-15(2)20(14)23-21(25)16-7-8-18(28-3)19(13-16)29(26,27)24-9-5-4-6-10-24/h7-8,11-13H,4-6,9-10H2,1-3H3,(H,23,25). The molecule has 1 aliphatic heterocycles. The number of hydrogen-bond acceptors (Lipinski definition) is 4. The van der Waals surface area contributed by atoms with Crippen LogP contribution in [0.4, 0.5) is 5.69 Å². The number of methoxy groups -OCH3 is 1. The second-order valence-electron chi connectivity index (χ2n) is 7.20. The van der Waals surface area contributed by atoms with Crippen molar-refractivity contribution in [3.8, 4) is 5.75 Å². The summed E-state index contributed by atoms with van der Waals surface area (Å²) >= 11 is 3.45. The maximum absolute atomic E-state index is 13.2. The normalized spacial score (nSPS) is 15.2. The van der Waals surface area contributed by atoms with Crippen LogP contribution in [0.2, 0.25) is 0 Å². The zero-order valence-electron chi connectivity index (χ0n) is 16.8. The molecular formula is C21H25BrN2O4S. The van der Waals surface area contributed by atoms with Gasteiger partial charge < -0.3 is 10.1 Å². The van der Waals surface area contributed by atoms with Crippen LogP contribution in [0.25, 0.3) is 0 Å². The van der Waals surface area contributed by atoms with Crippen molar-refractivity contribution >= 4 is 37.5 Å². The highest BCUT2D eigenvalue weighted by molar-refractivity contribution is 9.10. The number of carbonyl (C=O) groups excluding carboxylic acids is 1. The van der Waals surface area contributed by atoms with E-state index in [1.54, 1.807) is 6.07 Å². The van der Waals surface area contributed by atoms with Gasteiger partial charge in [-0.25, -0.2) is 8.42 Å². The average Bonchev–Trinajstić information content (AvgIpc) is 2.70. The summed E-state index contributed by atoms with van der Waals surface area (Å²) in [5.74, 6) is -0.126. The van der Waals surface area contributed by atoms with E-state index in [4.69, 9.17) is 4.74 Å². The first-order valence-electron chi connectivity index (χ1n) is 9.50. The summed E-state index contributed by atoms with van der Waals surface area (Å²) in [6, 6.07) is 8.35. The van der Waals surface area contributed by atoms with Gasteiger partial charge in [-0.1, -0.05) is 22.4 Å². The lowest BCUT2D eigenvalue weighted by atomic mass is 10.1. The van der Waals surface area contributed by atoms with E-state index < -0.39 is 10.0 Å². The number of carbonyl (C=O) groups is 1. The van der Waals surface area contributed by atoms with E-state index in [0.717, 1.165) is 40.5 Å². The minimum atomic E-state index is -3.73. The highest BCUT2D eigenvalue weighted by Gasteiger charge is 2.29. The van der Waals surface area contributed by atoms with E-state index in [0.29, 0.717) is 13.1 Å². The van der Waals surface area contributed by atoms with Crippen molar-refractivity contribution < 1.29 is 17.9 Å². The van der Waals surface area contributed by atoms with Crippen LogP contribution >= 0.6 is 15.9 Å². The van der Waals surface area contributed by atoms with Gasteiger partial charge in [-0.05, 0) is 68.1 Å². The fourth-order valence-electron chi connectivity index (χ4n) is 3.56. The molecule has 2 aromatic carbocycles. The van der Waals surface area contributed by atoms with E-state index in [1.165, 1.54) is 23.5 Å². The molecule has 3 rings (SSSR count). The van der Waals surface area contributed by atoms with Gasteiger partial charge in [-0.15, -0.1) is 0 Å². The van der Waals surface area contributed by atoms with Gasteiger partial charge in [0.2, 0.25) is 10.0 Å². The molecule has 0 aliphatic carbocycles. The maximum atomic E-state index is 13.2. The predicted molar refractivity (Wildman–Crippen MR) is 117 cm³/mol. The van der Waals surface area contributed by atoms with E-state index in [2.05, 4.69) is 21.2 Å². The van der Waals surface area contributed by atoms with Crippen molar-refractivity contribution in [1.82, 2.24) is 4.31 Å². The molecule has 0 saturated carbocycles. The molecule has 156 valence electrons. The SMILES string of the molecule is COc1ccc(C(=O)Nc2c(C)cc(Br)cc2C)cc1S(=O)(=O)N1CCCCC1. The van der Waals surface area contributed by atoms with Gasteiger partial charge in [0.15, 0.2) is 0 Å². The number of halogens is 1. The second kappa shape index (κ2) is 8.85. The molecule has 1 amide bonds. The molecule has 0 atom stereocenters. The van der Waals surface area contributed by atoms with Gasteiger partial charge in [-0.2, -0.15) is 4.31 Å². The molecule has 0 bridgehead atoms. The minimum absolute atomic E-state index is 0.0267. The van der Waals surface area contributed by atoms with Crippen LogP contribution in [0.3, 0.4) is 0 Å². The minimum Gasteiger partial charge on any atom is -0.495 e. The smallest absolute Gasteiger partial charge is 0.255 e. The molecule has 0 spiro atoms. The summed E-state index contributed by atoms with van der Waals surface area (Å²) in [5.41, 5.74) is 2.82. The first-order chi connectivity index (χ1) is 13.7. The van der Waals surface area contributed by atoms with Crippen LogP contribution in [-0.4, -0.2) is 38.8 Å². The molecule has 8 heteroatoms. The monoisotopic (exact) mass is 480 g/mol. The van der Waals surface area contributed by atoms with E-state index in [-0.39, 0.29) is 22.1 Å². The summed E-state index contributed by atoms with van der Waals surface area (Å²) < 4.78 is 34.0. The molecule has 0 radical (unpaired) electrons. The Bertz CT molecular complexity index is 1010. The molecule has 1 N–H and O–H groups in total. The second-order valence-corrected chi connectivity index (χ2v) is 10.0. The lowest BCUT2D eigenvalue weighted by Crippen LogP contribution is -2.35. The molecule has 2 aromatic rings. The maximum Gasteiger partial charge on any atom is 0.255 e. The summed E-state index contributed by atoms with van der Waals surface area (Å²) in [7, 11) is -2.30. The molecule has 1 aliphatic rings. The Morgan fingerprint density at radius 3 is 2.28 bits per heavy atom. The molecular weight excluding hydrogens is 456 g/mol. The Morgan fingerprint density at radius 1 is 1.07 bits per heavy atom. The number of piperidine rings is 1. The Morgan fingerprint density at radius 2 is 1.69 bits per heavy atom. The van der Waals surface area contributed by atoms with Crippen LogP contribution in [0.15, 0.2) is 39.7 Å². The van der Waals surface area contributed by atoms with Gasteiger partial charge >= 0.3 is 0 Å². The van der Waals surface area contributed by atoms with Crippen molar-refractivity contribution in [2.75, 3.05) is 25.5 Å².